The lowest BCUT2D eigenvalue weighted by Crippen LogP contribution is -2.35. The van der Waals surface area contributed by atoms with Crippen LogP contribution in [-0.4, -0.2) is 29.1 Å². The third-order valence-electron chi connectivity index (χ3n) is 4.30. The molecule has 1 N–H and O–H groups in total. The van der Waals surface area contributed by atoms with Crippen LogP contribution in [-0.2, 0) is 6.42 Å². The summed E-state index contributed by atoms with van der Waals surface area (Å²) in [7, 11) is 0. The number of aromatic hydroxyl groups is 1. The molecule has 0 radical (unpaired) electrons. The number of rotatable bonds is 2. The molecule has 90 valence electrons. The molecule has 2 atom stereocenters. The van der Waals surface area contributed by atoms with Gasteiger partial charge in [-0.05, 0) is 43.0 Å². The summed E-state index contributed by atoms with van der Waals surface area (Å²) in [5.74, 6) is 1.11. The number of hydrogen-bond acceptors (Lipinski definition) is 2. The first kappa shape index (κ1) is 10.8. The second-order valence-electron chi connectivity index (χ2n) is 5.13. The van der Waals surface area contributed by atoms with Crippen molar-refractivity contribution in [1.82, 2.24) is 4.90 Å². The third kappa shape index (κ3) is 1.67. The van der Waals surface area contributed by atoms with Gasteiger partial charge in [0, 0.05) is 18.5 Å². The van der Waals surface area contributed by atoms with Crippen molar-refractivity contribution in [3.8, 4) is 5.75 Å². The van der Waals surface area contributed by atoms with Gasteiger partial charge >= 0.3 is 0 Å². The van der Waals surface area contributed by atoms with Crippen LogP contribution in [0.15, 0.2) is 30.9 Å². The van der Waals surface area contributed by atoms with Crippen LogP contribution >= 0.6 is 0 Å². The van der Waals surface area contributed by atoms with E-state index < -0.39 is 0 Å². The molecule has 1 aromatic rings. The topological polar surface area (TPSA) is 23.5 Å². The monoisotopic (exact) mass is 229 g/mol. The van der Waals surface area contributed by atoms with Crippen LogP contribution in [0.25, 0.3) is 0 Å². The van der Waals surface area contributed by atoms with Crippen molar-refractivity contribution in [3.63, 3.8) is 0 Å². The molecule has 0 saturated carbocycles. The van der Waals surface area contributed by atoms with E-state index in [0.717, 1.165) is 19.5 Å². The van der Waals surface area contributed by atoms with Crippen LogP contribution < -0.4 is 0 Å². The molecule has 2 aliphatic rings. The van der Waals surface area contributed by atoms with Crippen molar-refractivity contribution < 1.29 is 5.11 Å². The quantitative estimate of drug-likeness (QED) is 0.788. The van der Waals surface area contributed by atoms with Crippen LogP contribution in [0.5, 0.6) is 5.75 Å². The second kappa shape index (κ2) is 4.19. The highest BCUT2D eigenvalue weighted by Crippen LogP contribution is 2.43. The summed E-state index contributed by atoms with van der Waals surface area (Å²) in [6.45, 7) is 6.00. The van der Waals surface area contributed by atoms with E-state index in [4.69, 9.17) is 0 Å². The third-order valence-corrected chi connectivity index (χ3v) is 4.30. The molecule has 2 nitrogen and oxygen atoms in total. The Labute approximate surface area is 103 Å². The van der Waals surface area contributed by atoms with Gasteiger partial charge < -0.3 is 5.11 Å². The maximum absolute atomic E-state index is 9.92. The normalized spacial score (nSPS) is 27.5. The summed E-state index contributed by atoms with van der Waals surface area (Å²) in [5, 5.41) is 9.92. The summed E-state index contributed by atoms with van der Waals surface area (Å²) < 4.78 is 0. The molecule has 0 unspecified atom stereocenters. The summed E-state index contributed by atoms with van der Waals surface area (Å²) in [4.78, 5) is 2.53. The molecule has 3 rings (SSSR count). The number of hydrogen-bond donors (Lipinski definition) is 1. The molecule has 17 heavy (non-hydrogen) atoms. The average molecular weight is 229 g/mol. The van der Waals surface area contributed by atoms with Crippen molar-refractivity contribution in [2.45, 2.75) is 31.2 Å². The van der Waals surface area contributed by atoms with Crippen molar-refractivity contribution in [1.29, 1.82) is 0 Å². The Balaban J connectivity index is 1.94. The lowest BCUT2D eigenvalue weighted by molar-refractivity contribution is 0.248. The minimum atomic E-state index is 0.489. The molecule has 1 aromatic carbocycles. The number of nitrogens with zero attached hydrogens (tertiary/aromatic N) is 1. The Morgan fingerprint density at radius 3 is 3.12 bits per heavy atom. The molecule has 1 heterocycles. The van der Waals surface area contributed by atoms with Crippen molar-refractivity contribution in [2.24, 2.45) is 0 Å². The maximum atomic E-state index is 9.92. The van der Waals surface area contributed by atoms with Gasteiger partial charge in [0.2, 0.25) is 0 Å². The molecule has 0 spiro atoms. The summed E-state index contributed by atoms with van der Waals surface area (Å²) in [6, 6.07) is 6.65. The van der Waals surface area contributed by atoms with Crippen LogP contribution in [0.2, 0.25) is 0 Å². The number of phenols is 1. The van der Waals surface area contributed by atoms with Crippen LogP contribution in [0.4, 0.5) is 0 Å². The Hall–Kier alpha value is -1.28. The van der Waals surface area contributed by atoms with Crippen molar-refractivity contribution in [3.05, 3.63) is 42.0 Å². The van der Waals surface area contributed by atoms with Gasteiger partial charge in [-0.25, -0.2) is 0 Å². The first-order chi connectivity index (χ1) is 8.31. The fraction of sp³-hybridized carbons (Fsp3) is 0.467. The molecule has 0 aromatic heterocycles. The van der Waals surface area contributed by atoms with E-state index in [1.807, 2.05) is 18.2 Å². The summed E-state index contributed by atoms with van der Waals surface area (Å²) in [6.07, 6.45) is 5.40. The molecule has 1 aliphatic heterocycles. The fourth-order valence-corrected chi connectivity index (χ4v) is 3.56. The maximum Gasteiger partial charge on any atom is 0.119 e. The van der Waals surface area contributed by atoms with Gasteiger partial charge in [0.05, 0.1) is 0 Å². The Morgan fingerprint density at radius 1 is 1.41 bits per heavy atom. The molecule has 1 aliphatic carbocycles. The number of fused-ring (bicyclic) bond motifs is 3. The van der Waals surface area contributed by atoms with Gasteiger partial charge in [0.25, 0.3) is 0 Å². The first-order valence-corrected chi connectivity index (χ1v) is 6.47. The predicted molar refractivity (Wildman–Crippen MR) is 69.3 cm³/mol. The zero-order valence-electron chi connectivity index (χ0n) is 10.1. The fourth-order valence-electron chi connectivity index (χ4n) is 3.56. The Kier molecular flexibility index (Phi) is 2.67. The van der Waals surface area contributed by atoms with E-state index in [-0.39, 0.29) is 0 Å². The van der Waals surface area contributed by atoms with E-state index in [1.54, 1.807) is 0 Å². The second-order valence-corrected chi connectivity index (χ2v) is 5.13. The van der Waals surface area contributed by atoms with E-state index in [9.17, 15) is 5.11 Å². The van der Waals surface area contributed by atoms with E-state index in [2.05, 4.69) is 17.5 Å². The van der Waals surface area contributed by atoms with Crippen molar-refractivity contribution in [2.75, 3.05) is 13.1 Å². The number of likely N-dealkylation sites (tertiary alicyclic amines) is 1. The van der Waals surface area contributed by atoms with Gasteiger partial charge in [-0.2, -0.15) is 0 Å². The lowest BCUT2D eigenvalue weighted by Gasteiger charge is -2.33. The summed E-state index contributed by atoms with van der Waals surface area (Å²) >= 11 is 0. The Morgan fingerprint density at radius 2 is 2.29 bits per heavy atom. The van der Waals surface area contributed by atoms with E-state index >= 15 is 0 Å². The molecule has 2 heteroatoms. The van der Waals surface area contributed by atoms with Crippen molar-refractivity contribution >= 4 is 0 Å². The number of benzene rings is 1. The Bertz CT molecular complexity index is 441. The SMILES string of the molecule is C=CCN1CC[C@H]2c3cccc(O)c3CC[C@@H]21. The highest BCUT2D eigenvalue weighted by molar-refractivity contribution is 5.44. The molecule has 0 bridgehead atoms. The van der Waals surface area contributed by atoms with Gasteiger partial charge in [0.15, 0.2) is 0 Å². The smallest absolute Gasteiger partial charge is 0.119 e. The number of phenolic OH excluding ortho intramolecular Hbond substituents is 1. The molecule has 1 fully saturated rings. The van der Waals surface area contributed by atoms with Crippen LogP contribution in [0.3, 0.4) is 0 Å². The molecule has 0 amide bonds. The minimum absolute atomic E-state index is 0.489. The molecule has 1 saturated heterocycles. The molecular weight excluding hydrogens is 210 g/mol. The van der Waals surface area contributed by atoms with E-state index in [1.165, 1.54) is 24.0 Å². The van der Waals surface area contributed by atoms with Crippen LogP contribution in [0.1, 0.15) is 29.9 Å². The zero-order valence-corrected chi connectivity index (χ0v) is 10.1. The van der Waals surface area contributed by atoms with Gasteiger partial charge in [0.1, 0.15) is 5.75 Å². The highest BCUT2D eigenvalue weighted by atomic mass is 16.3. The minimum Gasteiger partial charge on any atom is -0.508 e. The summed E-state index contributed by atoms with van der Waals surface area (Å²) in [5.41, 5.74) is 2.57. The zero-order chi connectivity index (χ0) is 11.8. The highest BCUT2D eigenvalue weighted by Gasteiger charge is 2.38. The largest absolute Gasteiger partial charge is 0.508 e. The lowest BCUT2D eigenvalue weighted by atomic mass is 9.79. The predicted octanol–water partition coefficient (Wildman–Crippen LogP) is 2.68. The van der Waals surface area contributed by atoms with Crippen LogP contribution in [0, 0.1) is 0 Å². The standard InChI is InChI=1S/C15H19NO/c1-2-9-16-10-8-12-11-4-3-5-15(17)13(11)6-7-14(12)16/h2-5,12,14,17H,1,6-10H2/t12-,14-/m0/s1. The average Bonchev–Trinajstić information content (AvgIpc) is 2.74. The van der Waals surface area contributed by atoms with E-state index in [0.29, 0.717) is 17.7 Å². The van der Waals surface area contributed by atoms with Gasteiger partial charge in [-0.1, -0.05) is 18.2 Å². The first-order valence-electron chi connectivity index (χ1n) is 6.47. The van der Waals surface area contributed by atoms with Gasteiger partial charge in [-0.3, -0.25) is 4.90 Å². The molecular formula is C15H19NO. The van der Waals surface area contributed by atoms with Gasteiger partial charge in [-0.15, -0.1) is 6.58 Å².